The number of carboxylic acids is 1. The molecule has 1 unspecified atom stereocenters. The molecule has 0 aliphatic carbocycles. The van der Waals surface area contributed by atoms with Crippen molar-refractivity contribution in [1.82, 2.24) is 25.1 Å². The molecule has 2 aromatic carbocycles. The average molecular weight is 696 g/mol. The van der Waals surface area contributed by atoms with Crippen molar-refractivity contribution in [2.75, 3.05) is 44.5 Å². The molecule has 4 N–H and O–H groups in total. The molecule has 2 aliphatic rings. The van der Waals surface area contributed by atoms with Gasteiger partial charge in [0.15, 0.2) is 0 Å². The zero-order valence-corrected chi connectivity index (χ0v) is 27.5. The summed E-state index contributed by atoms with van der Waals surface area (Å²) >= 11 is 0. The third-order valence-corrected chi connectivity index (χ3v) is 9.27. The van der Waals surface area contributed by atoms with Gasteiger partial charge in [-0.05, 0) is 67.0 Å². The molecule has 2 saturated heterocycles. The molecule has 264 valence electrons. The lowest BCUT2D eigenvalue weighted by Crippen LogP contribution is -2.41. The van der Waals surface area contributed by atoms with Gasteiger partial charge in [0.1, 0.15) is 23.2 Å². The summed E-state index contributed by atoms with van der Waals surface area (Å²) in [7, 11) is 2.65. The van der Waals surface area contributed by atoms with E-state index in [1.807, 2.05) is 4.90 Å². The fourth-order valence-corrected chi connectivity index (χ4v) is 6.60. The van der Waals surface area contributed by atoms with Gasteiger partial charge in [0, 0.05) is 37.5 Å². The number of methoxy groups -OCH3 is 2. The van der Waals surface area contributed by atoms with E-state index in [-0.39, 0.29) is 39.8 Å². The number of anilines is 2. The normalized spacial score (nSPS) is 17.8. The minimum Gasteiger partial charge on any atom is -0.496 e. The molecule has 0 bridgehead atoms. The van der Waals surface area contributed by atoms with Gasteiger partial charge in [-0.15, -0.1) is 0 Å². The number of nitrogens with zero attached hydrogens (tertiary/aromatic N) is 5. The van der Waals surface area contributed by atoms with Crippen LogP contribution in [-0.4, -0.2) is 82.9 Å². The Morgan fingerprint density at radius 2 is 1.78 bits per heavy atom. The Labute approximate surface area is 285 Å². The molecule has 4 aromatic rings. The molecule has 2 fully saturated rings. The summed E-state index contributed by atoms with van der Waals surface area (Å²) in [6, 6.07) is 11.5. The second-order valence-corrected chi connectivity index (χ2v) is 12.5. The van der Waals surface area contributed by atoms with Gasteiger partial charge in [-0.1, -0.05) is 18.2 Å². The topological polar surface area (TPSA) is 167 Å². The predicted octanol–water partition coefficient (Wildman–Crippen LogP) is 4.73. The molecule has 50 heavy (non-hydrogen) atoms. The molecule has 0 amide bonds. The molecule has 2 aliphatic heterocycles. The summed E-state index contributed by atoms with van der Waals surface area (Å²) in [6.45, 7) is 3.30. The molecule has 0 saturated carbocycles. The molecule has 0 radical (unpaired) electrons. The SMILES string of the molecule is COC(=O)c1ccc(-c2ccc([C@@H](Oc3cc(N4CCC5(CC4)CNC(C(=O)O)C5)nc(N)n3)C(F)(F)F)c(-n3ccc(C)n3)c2)cc1OC. The zero-order valence-electron chi connectivity index (χ0n) is 27.5. The van der Waals surface area contributed by atoms with Gasteiger partial charge in [-0.3, -0.25) is 4.79 Å². The molecular weight excluding hydrogens is 659 g/mol. The van der Waals surface area contributed by atoms with Gasteiger partial charge in [0.2, 0.25) is 17.9 Å². The van der Waals surface area contributed by atoms with E-state index < -0.39 is 30.3 Å². The van der Waals surface area contributed by atoms with E-state index in [4.69, 9.17) is 19.9 Å². The molecule has 6 rings (SSSR count). The number of halogens is 3. The zero-order chi connectivity index (χ0) is 35.8. The van der Waals surface area contributed by atoms with E-state index >= 15 is 0 Å². The molecule has 16 heteroatoms. The predicted molar refractivity (Wildman–Crippen MR) is 175 cm³/mol. The number of carbonyl (C=O) groups is 2. The maximum absolute atomic E-state index is 14.9. The van der Waals surface area contributed by atoms with Crippen molar-refractivity contribution in [1.29, 1.82) is 0 Å². The number of carboxylic acid groups (broad SMARTS) is 1. The number of aliphatic carboxylic acids is 1. The van der Waals surface area contributed by atoms with E-state index in [0.29, 0.717) is 61.5 Å². The largest absolute Gasteiger partial charge is 0.496 e. The van der Waals surface area contributed by atoms with Gasteiger partial charge >= 0.3 is 18.1 Å². The molecule has 2 atom stereocenters. The Morgan fingerprint density at radius 3 is 2.40 bits per heavy atom. The second-order valence-electron chi connectivity index (χ2n) is 12.5. The standard InChI is InChI=1S/C34H36F3N7O6/c1-19-8-11-44(42-19)25-14-20(21-5-7-23(31(47)49-3)26(15-21)48-2)4-6-22(25)29(34(35,36)37)50-28-16-27(40-32(38)41-28)43-12-9-33(10-13-43)17-24(30(45)46)39-18-33/h4-8,11,14-16,24,29,39H,9-10,12-13,17-18H2,1-3H3,(H,45,46)(H2,38,40,41)/t24?,29-/m1/s1. The van der Waals surface area contributed by atoms with Gasteiger partial charge in [-0.25, -0.2) is 9.48 Å². The second kappa shape index (κ2) is 13.5. The van der Waals surface area contributed by atoms with Crippen LogP contribution in [0.15, 0.2) is 54.7 Å². The van der Waals surface area contributed by atoms with Crippen molar-refractivity contribution < 1.29 is 42.1 Å². The Hall–Kier alpha value is -5.38. The number of alkyl halides is 3. The van der Waals surface area contributed by atoms with Crippen LogP contribution in [0.4, 0.5) is 24.9 Å². The lowest BCUT2D eigenvalue weighted by atomic mass is 9.76. The van der Waals surface area contributed by atoms with Crippen molar-refractivity contribution in [3.63, 3.8) is 0 Å². The Kier molecular flexibility index (Phi) is 9.31. The molecular formula is C34H36F3N7O6. The first-order valence-electron chi connectivity index (χ1n) is 15.8. The van der Waals surface area contributed by atoms with Crippen LogP contribution in [0, 0.1) is 12.3 Å². The third-order valence-electron chi connectivity index (χ3n) is 9.27. The summed E-state index contributed by atoms with van der Waals surface area (Å²) in [5.41, 5.74) is 7.54. The fourth-order valence-electron chi connectivity index (χ4n) is 6.60. The minimum atomic E-state index is -4.89. The van der Waals surface area contributed by atoms with Crippen molar-refractivity contribution in [2.45, 2.75) is 44.5 Å². The lowest BCUT2D eigenvalue weighted by molar-refractivity contribution is -0.198. The maximum atomic E-state index is 14.9. The highest BCUT2D eigenvalue weighted by atomic mass is 19.4. The van der Waals surface area contributed by atoms with E-state index in [1.165, 1.54) is 43.2 Å². The number of ether oxygens (including phenoxy) is 3. The third kappa shape index (κ3) is 7.01. The number of nitrogens with two attached hydrogens (primary N) is 1. The van der Waals surface area contributed by atoms with Gasteiger partial charge < -0.3 is 35.3 Å². The summed E-state index contributed by atoms with van der Waals surface area (Å²) < 4.78 is 62.0. The number of aromatic nitrogens is 4. The number of carbonyl (C=O) groups excluding carboxylic acids is 1. The van der Waals surface area contributed by atoms with Crippen LogP contribution in [0.2, 0.25) is 0 Å². The first kappa shape index (κ1) is 34.5. The monoisotopic (exact) mass is 695 g/mol. The van der Waals surface area contributed by atoms with Crippen LogP contribution >= 0.6 is 0 Å². The highest BCUT2D eigenvalue weighted by Gasteiger charge is 2.46. The highest BCUT2D eigenvalue weighted by molar-refractivity contribution is 5.93. The van der Waals surface area contributed by atoms with Gasteiger partial charge in [-0.2, -0.15) is 28.2 Å². The molecule has 1 spiro atoms. The van der Waals surface area contributed by atoms with Gasteiger partial charge in [0.05, 0.1) is 25.6 Å². The number of benzene rings is 2. The smallest absolute Gasteiger partial charge is 0.429 e. The molecule has 4 heterocycles. The van der Waals surface area contributed by atoms with Crippen molar-refractivity contribution >= 4 is 23.7 Å². The number of piperidine rings is 1. The van der Waals surface area contributed by atoms with Crippen molar-refractivity contribution in [2.24, 2.45) is 5.41 Å². The molecule has 2 aromatic heterocycles. The Morgan fingerprint density at radius 1 is 1.06 bits per heavy atom. The number of aryl methyl sites for hydroxylation is 1. The van der Waals surface area contributed by atoms with Crippen molar-refractivity contribution in [3.05, 3.63) is 71.5 Å². The van der Waals surface area contributed by atoms with Crippen LogP contribution in [0.1, 0.15) is 47.0 Å². The van der Waals surface area contributed by atoms with E-state index in [2.05, 4.69) is 20.4 Å². The summed E-state index contributed by atoms with van der Waals surface area (Å²) in [5.74, 6) is -1.56. The Bertz CT molecular complexity index is 1910. The first-order chi connectivity index (χ1) is 23.8. The van der Waals surface area contributed by atoms with Crippen LogP contribution in [0.3, 0.4) is 0 Å². The summed E-state index contributed by atoms with van der Waals surface area (Å²) in [4.78, 5) is 33.8. The van der Waals surface area contributed by atoms with Crippen molar-refractivity contribution in [3.8, 4) is 28.4 Å². The number of esters is 1. The highest BCUT2D eigenvalue weighted by Crippen LogP contribution is 2.43. The van der Waals surface area contributed by atoms with Crippen LogP contribution in [0.25, 0.3) is 16.8 Å². The van der Waals surface area contributed by atoms with Crippen LogP contribution < -0.4 is 25.4 Å². The first-order valence-corrected chi connectivity index (χ1v) is 15.8. The summed E-state index contributed by atoms with van der Waals surface area (Å²) in [6.07, 6.45) is -3.97. The average Bonchev–Trinajstić information content (AvgIpc) is 3.72. The minimum absolute atomic E-state index is 0.0994. The Balaban J connectivity index is 1.32. The van der Waals surface area contributed by atoms with E-state index in [0.717, 1.165) is 0 Å². The van der Waals surface area contributed by atoms with Crippen LogP contribution in [-0.2, 0) is 9.53 Å². The van der Waals surface area contributed by atoms with Crippen LogP contribution in [0.5, 0.6) is 11.6 Å². The summed E-state index contributed by atoms with van der Waals surface area (Å²) in [5, 5.41) is 16.9. The number of hydrogen-bond donors (Lipinski definition) is 3. The lowest BCUT2D eigenvalue weighted by Gasteiger charge is -2.39. The molecule has 13 nitrogen and oxygen atoms in total. The van der Waals surface area contributed by atoms with Gasteiger partial charge in [0.25, 0.3) is 0 Å². The quantitative estimate of drug-likeness (QED) is 0.206. The fraction of sp³-hybridized carbons (Fsp3) is 0.382. The number of nitrogen functional groups attached to an aromatic ring is 1. The van der Waals surface area contributed by atoms with E-state index in [1.54, 1.807) is 37.4 Å². The maximum Gasteiger partial charge on any atom is 0.429 e. The van der Waals surface area contributed by atoms with E-state index in [9.17, 15) is 27.9 Å². The number of rotatable bonds is 9. The number of nitrogens with one attached hydrogen (secondary N) is 1. The number of hydrogen-bond acceptors (Lipinski definition) is 11.